The van der Waals surface area contributed by atoms with Crippen LogP contribution in [0.1, 0.15) is 96.8 Å². The van der Waals surface area contributed by atoms with Crippen LogP contribution >= 0.6 is 7.82 Å². The molecule has 0 heterocycles. The number of rotatable bonds is 22. The van der Waals surface area contributed by atoms with Gasteiger partial charge in [0.1, 0.15) is 12.7 Å². The second-order valence-electron chi connectivity index (χ2n) is 7.78. The monoisotopic (exact) mass is 464 g/mol. The summed E-state index contributed by atoms with van der Waals surface area (Å²) in [5, 5.41) is 9.72. The fraction of sp³-hybridized carbons (Fsp3) is 0.870. The Hall–Kier alpha value is -0.720. The van der Waals surface area contributed by atoms with Crippen molar-refractivity contribution in [3.63, 3.8) is 0 Å². The van der Waals surface area contributed by atoms with E-state index in [0.717, 1.165) is 25.7 Å². The van der Waals surface area contributed by atoms with Gasteiger partial charge in [0.15, 0.2) is 0 Å². The Labute approximate surface area is 189 Å². The van der Waals surface area contributed by atoms with Gasteiger partial charge in [0.25, 0.3) is 0 Å². The molecule has 0 bridgehead atoms. The summed E-state index contributed by atoms with van der Waals surface area (Å²) in [5.74, 6) is -0.349. The Morgan fingerprint density at radius 1 is 0.839 bits per heavy atom. The van der Waals surface area contributed by atoms with Crippen LogP contribution in [-0.4, -0.2) is 44.6 Å². The standard InChI is InChI=1S/C23H45O7P/c1-4-5-6-7-8-9-10-11-12-13-14-15-16-17-18-19-23(25)29-20-22(24)21-30-31(26,27-2)28-3/h11-12,22,24H,4-10,13-21H2,1-3H3/b12-11-. The minimum Gasteiger partial charge on any atom is -0.463 e. The summed E-state index contributed by atoms with van der Waals surface area (Å²) < 4.78 is 30.7. The fourth-order valence-corrected chi connectivity index (χ4v) is 3.72. The minimum atomic E-state index is -3.63. The van der Waals surface area contributed by atoms with E-state index >= 15 is 0 Å². The summed E-state index contributed by atoms with van der Waals surface area (Å²) in [6.45, 7) is 1.73. The van der Waals surface area contributed by atoms with Gasteiger partial charge in [-0.3, -0.25) is 18.4 Å². The number of hydrogen-bond donors (Lipinski definition) is 1. The fourth-order valence-electron chi connectivity index (χ4n) is 3.01. The predicted octanol–water partition coefficient (Wildman–Crippen LogP) is 6.35. The van der Waals surface area contributed by atoms with Crippen molar-refractivity contribution in [3.05, 3.63) is 12.2 Å². The number of esters is 1. The smallest absolute Gasteiger partial charge is 0.463 e. The maximum atomic E-state index is 11.7. The quantitative estimate of drug-likeness (QED) is 0.0864. The number of unbranched alkanes of at least 4 members (excludes halogenated alkanes) is 11. The lowest BCUT2D eigenvalue weighted by Gasteiger charge is -2.16. The first kappa shape index (κ1) is 30.3. The second kappa shape index (κ2) is 21.1. The van der Waals surface area contributed by atoms with E-state index in [9.17, 15) is 14.5 Å². The molecular formula is C23H45O7P. The van der Waals surface area contributed by atoms with E-state index in [1.807, 2.05) is 0 Å². The lowest BCUT2D eigenvalue weighted by molar-refractivity contribution is -0.147. The maximum Gasteiger partial charge on any atom is 0.474 e. The van der Waals surface area contributed by atoms with Crippen molar-refractivity contribution in [2.45, 2.75) is 103 Å². The summed E-state index contributed by atoms with van der Waals surface area (Å²) in [5.41, 5.74) is 0. The van der Waals surface area contributed by atoms with E-state index in [0.29, 0.717) is 6.42 Å². The van der Waals surface area contributed by atoms with Gasteiger partial charge in [-0.1, -0.05) is 70.4 Å². The molecule has 31 heavy (non-hydrogen) atoms. The van der Waals surface area contributed by atoms with Gasteiger partial charge in [-0.25, -0.2) is 4.57 Å². The number of phosphoric ester groups is 1. The Balaban J connectivity index is 3.48. The number of carbonyl (C=O) groups excluding carboxylic acids is 1. The van der Waals surface area contributed by atoms with Crippen molar-refractivity contribution in [3.8, 4) is 0 Å². The van der Waals surface area contributed by atoms with Crippen LogP contribution in [0.2, 0.25) is 0 Å². The first-order valence-electron chi connectivity index (χ1n) is 11.8. The van der Waals surface area contributed by atoms with Crippen molar-refractivity contribution in [1.29, 1.82) is 0 Å². The highest BCUT2D eigenvalue weighted by atomic mass is 31.2. The van der Waals surface area contributed by atoms with Crippen LogP contribution in [0.15, 0.2) is 12.2 Å². The zero-order chi connectivity index (χ0) is 23.2. The van der Waals surface area contributed by atoms with E-state index < -0.39 is 13.9 Å². The van der Waals surface area contributed by atoms with Crippen LogP contribution in [0, 0.1) is 0 Å². The molecule has 7 nitrogen and oxygen atoms in total. The molecule has 0 aromatic rings. The molecule has 0 saturated carbocycles. The SMILES string of the molecule is CCCCCCCC/C=C\CCCCCCCC(=O)OCC(O)COP(=O)(OC)OC. The first-order chi connectivity index (χ1) is 15.0. The van der Waals surface area contributed by atoms with Crippen LogP contribution in [0.5, 0.6) is 0 Å². The van der Waals surface area contributed by atoms with Crippen LogP contribution in [-0.2, 0) is 27.7 Å². The Kier molecular flexibility index (Phi) is 20.7. The highest BCUT2D eigenvalue weighted by Gasteiger charge is 2.24. The normalized spacial score (nSPS) is 13.0. The molecule has 0 aromatic carbocycles. The summed E-state index contributed by atoms with van der Waals surface area (Å²) in [7, 11) is -1.26. The number of allylic oxidation sites excluding steroid dienone is 2. The third kappa shape index (κ3) is 19.7. The zero-order valence-corrected chi connectivity index (χ0v) is 20.8. The molecule has 0 rings (SSSR count). The largest absolute Gasteiger partial charge is 0.474 e. The van der Waals surface area contributed by atoms with Crippen LogP contribution in [0.3, 0.4) is 0 Å². The molecule has 184 valence electrons. The predicted molar refractivity (Wildman–Crippen MR) is 124 cm³/mol. The lowest BCUT2D eigenvalue weighted by atomic mass is 10.1. The van der Waals surface area contributed by atoms with Gasteiger partial charge in [0.2, 0.25) is 0 Å². The minimum absolute atomic E-state index is 0.211. The van der Waals surface area contributed by atoms with E-state index in [-0.39, 0.29) is 19.2 Å². The van der Waals surface area contributed by atoms with Gasteiger partial charge < -0.3 is 9.84 Å². The van der Waals surface area contributed by atoms with Crippen molar-refractivity contribution >= 4 is 13.8 Å². The number of aliphatic hydroxyl groups excluding tert-OH is 1. The zero-order valence-electron chi connectivity index (χ0n) is 19.9. The van der Waals surface area contributed by atoms with E-state index in [4.69, 9.17) is 9.26 Å². The highest BCUT2D eigenvalue weighted by molar-refractivity contribution is 7.48. The third-order valence-corrected chi connectivity index (χ3v) is 6.31. The molecule has 0 aliphatic heterocycles. The van der Waals surface area contributed by atoms with Gasteiger partial charge in [0.05, 0.1) is 6.61 Å². The molecule has 0 radical (unpaired) electrons. The number of phosphoric acid groups is 1. The number of ether oxygens (including phenoxy) is 1. The van der Waals surface area contributed by atoms with Gasteiger partial charge in [-0.05, 0) is 32.1 Å². The van der Waals surface area contributed by atoms with Crippen LogP contribution in [0.4, 0.5) is 0 Å². The Bertz CT molecular complexity index is 488. The molecule has 0 aromatic heterocycles. The number of hydrogen-bond acceptors (Lipinski definition) is 7. The summed E-state index contributed by atoms with van der Waals surface area (Å²) in [6, 6.07) is 0. The molecule has 0 fully saturated rings. The Morgan fingerprint density at radius 2 is 1.35 bits per heavy atom. The molecule has 1 atom stereocenters. The van der Waals surface area contributed by atoms with E-state index in [1.54, 1.807) is 0 Å². The average Bonchev–Trinajstić information content (AvgIpc) is 2.78. The molecular weight excluding hydrogens is 419 g/mol. The summed E-state index contributed by atoms with van der Waals surface area (Å²) in [6.07, 6.45) is 19.5. The highest BCUT2D eigenvalue weighted by Crippen LogP contribution is 2.47. The van der Waals surface area contributed by atoms with Gasteiger partial charge >= 0.3 is 13.8 Å². The first-order valence-corrected chi connectivity index (χ1v) is 13.3. The van der Waals surface area contributed by atoms with Gasteiger partial charge in [-0.15, -0.1) is 0 Å². The Morgan fingerprint density at radius 3 is 1.90 bits per heavy atom. The molecule has 0 spiro atoms. The van der Waals surface area contributed by atoms with Gasteiger partial charge in [0, 0.05) is 20.6 Å². The van der Waals surface area contributed by atoms with Gasteiger partial charge in [-0.2, -0.15) is 0 Å². The topological polar surface area (TPSA) is 91.3 Å². The molecule has 0 aliphatic rings. The van der Waals surface area contributed by atoms with Crippen molar-refractivity contribution in [2.24, 2.45) is 0 Å². The molecule has 0 aliphatic carbocycles. The van der Waals surface area contributed by atoms with Crippen LogP contribution in [0.25, 0.3) is 0 Å². The van der Waals surface area contributed by atoms with Crippen molar-refractivity contribution in [2.75, 3.05) is 27.4 Å². The molecule has 8 heteroatoms. The number of aliphatic hydroxyl groups is 1. The third-order valence-electron chi connectivity index (χ3n) is 4.95. The van der Waals surface area contributed by atoms with Crippen LogP contribution < -0.4 is 0 Å². The van der Waals surface area contributed by atoms with Crippen molar-refractivity contribution < 1.29 is 32.8 Å². The molecule has 1 N–H and O–H groups in total. The molecule has 1 unspecified atom stereocenters. The molecule has 0 saturated heterocycles. The molecule has 0 amide bonds. The maximum absolute atomic E-state index is 11.7. The number of carbonyl (C=O) groups is 1. The lowest BCUT2D eigenvalue weighted by Crippen LogP contribution is -2.23. The summed E-state index contributed by atoms with van der Waals surface area (Å²) in [4.78, 5) is 11.7. The second-order valence-corrected chi connectivity index (χ2v) is 9.66. The van der Waals surface area contributed by atoms with E-state index in [2.05, 4.69) is 28.1 Å². The summed E-state index contributed by atoms with van der Waals surface area (Å²) >= 11 is 0. The average molecular weight is 465 g/mol. The van der Waals surface area contributed by atoms with E-state index in [1.165, 1.54) is 72.0 Å². The van der Waals surface area contributed by atoms with Crippen molar-refractivity contribution in [1.82, 2.24) is 0 Å².